The lowest BCUT2D eigenvalue weighted by atomic mass is 10.2. The lowest BCUT2D eigenvalue weighted by Gasteiger charge is -2.04. The molecule has 0 aliphatic rings. The van der Waals surface area contributed by atoms with Crippen LogP contribution in [-0.2, 0) is 0 Å². The minimum atomic E-state index is 0.560. The van der Waals surface area contributed by atoms with E-state index in [-0.39, 0.29) is 0 Å². The van der Waals surface area contributed by atoms with Gasteiger partial charge in [0, 0.05) is 10.8 Å². The van der Waals surface area contributed by atoms with Crippen molar-refractivity contribution in [3.05, 3.63) is 24.4 Å². The number of aromatic nitrogens is 2. The summed E-state index contributed by atoms with van der Waals surface area (Å²) in [5, 5.41) is 9.52. The Labute approximate surface area is 80.9 Å². The lowest BCUT2D eigenvalue weighted by Crippen LogP contribution is -2.09. The second-order valence-electron chi connectivity index (χ2n) is 2.79. The molecule has 5 heteroatoms. The third-order valence-electron chi connectivity index (χ3n) is 2.01. The van der Waals surface area contributed by atoms with Crippen LogP contribution < -0.4 is 16.0 Å². The first-order valence-corrected chi connectivity index (χ1v) is 4.11. The molecule has 0 amide bonds. The van der Waals surface area contributed by atoms with Crippen molar-refractivity contribution in [2.24, 2.45) is 5.84 Å². The number of fused-ring (bicyclic) bond motifs is 1. The monoisotopic (exact) mass is 190 g/mol. The standard InChI is InChI=1S/C9H10N4O/c1-14-7-2-3-8-6(4-7)5-11-13-9(8)12-10/h2-5H,10H2,1H3,(H,12,13). The average Bonchev–Trinajstić information content (AvgIpc) is 2.27. The molecule has 0 radical (unpaired) electrons. The van der Waals surface area contributed by atoms with Crippen LogP contribution in [0.15, 0.2) is 24.4 Å². The van der Waals surface area contributed by atoms with E-state index in [4.69, 9.17) is 10.6 Å². The summed E-state index contributed by atoms with van der Waals surface area (Å²) in [6, 6.07) is 5.62. The molecule has 0 spiro atoms. The van der Waals surface area contributed by atoms with Crippen molar-refractivity contribution in [2.45, 2.75) is 0 Å². The van der Waals surface area contributed by atoms with Crippen LogP contribution in [-0.4, -0.2) is 17.3 Å². The predicted octanol–water partition coefficient (Wildman–Crippen LogP) is 0.924. The van der Waals surface area contributed by atoms with E-state index in [1.165, 1.54) is 0 Å². The minimum absolute atomic E-state index is 0.560. The van der Waals surface area contributed by atoms with E-state index in [0.717, 1.165) is 16.5 Å². The van der Waals surface area contributed by atoms with Crippen LogP contribution in [0, 0.1) is 0 Å². The van der Waals surface area contributed by atoms with Crippen LogP contribution in [0.4, 0.5) is 5.82 Å². The SMILES string of the molecule is COc1ccc2c(NN)nncc2c1. The molecule has 5 nitrogen and oxygen atoms in total. The summed E-state index contributed by atoms with van der Waals surface area (Å²) >= 11 is 0. The Morgan fingerprint density at radius 1 is 1.43 bits per heavy atom. The summed E-state index contributed by atoms with van der Waals surface area (Å²) in [5.74, 6) is 6.65. The fraction of sp³-hybridized carbons (Fsp3) is 0.111. The first kappa shape index (κ1) is 8.71. The smallest absolute Gasteiger partial charge is 0.170 e. The van der Waals surface area contributed by atoms with Crippen molar-refractivity contribution in [1.82, 2.24) is 10.2 Å². The van der Waals surface area contributed by atoms with Crippen molar-refractivity contribution >= 4 is 16.6 Å². The van der Waals surface area contributed by atoms with Crippen molar-refractivity contribution in [3.8, 4) is 5.75 Å². The van der Waals surface area contributed by atoms with Gasteiger partial charge in [-0.25, -0.2) is 5.84 Å². The molecular formula is C9H10N4O. The number of hydrazine groups is 1. The maximum absolute atomic E-state index is 5.30. The molecular weight excluding hydrogens is 180 g/mol. The number of hydrogen-bond acceptors (Lipinski definition) is 5. The van der Waals surface area contributed by atoms with Gasteiger partial charge in [-0.15, -0.1) is 5.10 Å². The Hall–Kier alpha value is -1.88. The lowest BCUT2D eigenvalue weighted by molar-refractivity contribution is 0.415. The number of methoxy groups -OCH3 is 1. The summed E-state index contributed by atoms with van der Waals surface area (Å²) < 4.78 is 5.10. The number of ether oxygens (including phenoxy) is 1. The highest BCUT2D eigenvalue weighted by atomic mass is 16.5. The van der Waals surface area contributed by atoms with Crippen LogP contribution in [0.1, 0.15) is 0 Å². The van der Waals surface area contributed by atoms with Crippen molar-refractivity contribution in [2.75, 3.05) is 12.5 Å². The van der Waals surface area contributed by atoms with Crippen LogP contribution in [0.5, 0.6) is 5.75 Å². The molecule has 0 aliphatic heterocycles. The van der Waals surface area contributed by atoms with Gasteiger partial charge in [0.1, 0.15) is 5.75 Å². The van der Waals surface area contributed by atoms with E-state index in [0.29, 0.717) is 5.82 Å². The van der Waals surface area contributed by atoms with Gasteiger partial charge < -0.3 is 10.2 Å². The summed E-state index contributed by atoms with van der Waals surface area (Å²) in [7, 11) is 1.62. The molecule has 0 bridgehead atoms. The highest BCUT2D eigenvalue weighted by molar-refractivity contribution is 5.91. The zero-order valence-corrected chi connectivity index (χ0v) is 7.69. The summed E-state index contributed by atoms with van der Waals surface area (Å²) in [5.41, 5.74) is 2.49. The van der Waals surface area contributed by atoms with Gasteiger partial charge in [-0.1, -0.05) is 0 Å². The van der Waals surface area contributed by atoms with E-state index < -0.39 is 0 Å². The number of rotatable bonds is 2. The average molecular weight is 190 g/mol. The summed E-state index contributed by atoms with van der Waals surface area (Å²) in [6.07, 6.45) is 1.67. The topological polar surface area (TPSA) is 73.1 Å². The van der Waals surface area contributed by atoms with Crippen LogP contribution in [0.25, 0.3) is 10.8 Å². The third kappa shape index (κ3) is 1.33. The molecule has 0 unspecified atom stereocenters. The number of nitrogens with zero attached hydrogens (tertiary/aromatic N) is 2. The minimum Gasteiger partial charge on any atom is -0.497 e. The van der Waals surface area contributed by atoms with Crippen molar-refractivity contribution in [3.63, 3.8) is 0 Å². The fourth-order valence-electron chi connectivity index (χ4n) is 1.30. The quantitative estimate of drug-likeness (QED) is 0.544. The second kappa shape index (κ2) is 3.47. The largest absolute Gasteiger partial charge is 0.497 e. The number of benzene rings is 1. The Morgan fingerprint density at radius 3 is 3.00 bits per heavy atom. The van der Waals surface area contributed by atoms with Crippen LogP contribution in [0.2, 0.25) is 0 Å². The van der Waals surface area contributed by atoms with Crippen molar-refractivity contribution in [1.29, 1.82) is 0 Å². The van der Waals surface area contributed by atoms with Crippen LogP contribution >= 0.6 is 0 Å². The molecule has 3 N–H and O–H groups in total. The molecule has 2 aromatic rings. The first-order valence-electron chi connectivity index (χ1n) is 4.11. The van der Waals surface area contributed by atoms with Gasteiger partial charge in [0.25, 0.3) is 0 Å². The Bertz CT molecular complexity index is 458. The Kier molecular flexibility index (Phi) is 2.16. The molecule has 1 aromatic carbocycles. The number of hydrogen-bond donors (Lipinski definition) is 2. The molecule has 0 atom stereocenters. The molecule has 0 saturated heterocycles. The number of nitrogens with one attached hydrogen (secondary N) is 1. The second-order valence-corrected chi connectivity index (χ2v) is 2.79. The molecule has 0 fully saturated rings. The van der Waals surface area contributed by atoms with Gasteiger partial charge in [0.05, 0.1) is 13.3 Å². The molecule has 0 saturated carbocycles. The van der Waals surface area contributed by atoms with E-state index in [9.17, 15) is 0 Å². The molecule has 1 aromatic heterocycles. The zero-order valence-electron chi connectivity index (χ0n) is 7.69. The normalized spacial score (nSPS) is 10.1. The summed E-state index contributed by atoms with van der Waals surface area (Å²) in [6.45, 7) is 0. The predicted molar refractivity (Wildman–Crippen MR) is 53.9 cm³/mol. The highest BCUT2D eigenvalue weighted by Crippen LogP contribution is 2.23. The van der Waals surface area contributed by atoms with E-state index in [1.54, 1.807) is 13.3 Å². The molecule has 1 heterocycles. The van der Waals surface area contributed by atoms with Gasteiger partial charge in [-0.3, -0.25) is 0 Å². The third-order valence-corrected chi connectivity index (χ3v) is 2.01. The van der Waals surface area contributed by atoms with Gasteiger partial charge in [0.2, 0.25) is 0 Å². The van der Waals surface area contributed by atoms with Gasteiger partial charge in [0.15, 0.2) is 5.82 Å². The first-order chi connectivity index (χ1) is 6.85. The molecule has 14 heavy (non-hydrogen) atoms. The van der Waals surface area contributed by atoms with Crippen LogP contribution in [0.3, 0.4) is 0 Å². The molecule has 2 rings (SSSR count). The molecule has 0 aliphatic carbocycles. The zero-order chi connectivity index (χ0) is 9.97. The Balaban J connectivity index is 2.67. The number of anilines is 1. The van der Waals surface area contributed by atoms with E-state index in [2.05, 4.69) is 15.6 Å². The number of nitrogens with two attached hydrogens (primary N) is 1. The maximum Gasteiger partial charge on any atom is 0.170 e. The fourth-order valence-corrected chi connectivity index (χ4v) is 1.30. The maximum atomic E-state index is 5.30. The van der Waals surface area contributed by atoms with Gasteiger partial charge in [-0.2, -0.15) is 5.10 Å². The molecule has 72 valence electrons. The summed E-state index contributed by atoms with van der Waals surface area (Å²) in [4.78, 5) is 0. The van der Waals surface area contributed by atoms with E-state index in [1.807, 2.05) is 18.2 Å². The van der Waals surface area contributed by atoms with E-state index >= 15 is 0 Å². The van der Waals surface area contributed by atoms with Crippen molar-refractivity contribution < 1.29 is 4.74 Å². The highest BCUT2D eigenvalue weighted by Gasteiger charge is 2.02. The Morgan fingerprint density at radius 2 is 2.29 bits per heavy atom. The van der Waals surface area contributed by atoms with Gasteiger partial charge >= 0.3 is 0 Å². The van der Waals surface area contributed by atoms with Gasteiger partial charge in [-0.05, 0) is 18.2 Å². The number of nitrogen functional groups attached to an aromatic ring is 1.